The fourth-order valence-corrected chi connectivity index (χ4v) is 2.72. The minimum Gasteiger partial charge on any atom is -0.462 e. The Labute approximate surface area is 176 Å². The zero-order chi connectivity index (χ0) is 21.9. The molecule has 7 heteroatoms. The van der Waals surface area contributed by atoms with Gasteiger partial charge in [-0.3, -0.25) is 14.4 Å². The number of esters is 3. The van der Waals surface area contributed by atoms with Crippen LogP contribution in [0.25, 0.3) is 0 Å². The zero-order valence-electron chi connectivity index (χ0n) is 18.9. The summed E-state index contributed by atoms with van der Waals surface area (Å²) >= 11 is 0. The smallest absolute Gasteiger partial charge is 0.307 e. The molecule has 29 heavy (non-hydrogen) atoms. The van der Waals surface area contributed by atoms with Crippen molar-refractivity contribution in [1.82, 2.24) is 4.90 Å². The molecule has 0 amide bonds. The highest BCUT2D eigenvalue weighted by Gasteiger charge is 2.18. The van der Waals surface area contributed by atoms with E-state index in [1.165, 1.54) is 45.4 Å². The van der Waals surface area contributed by atoms with Gasteiger partial charge >= 0.3 is 17.9 Å². The number of carbonyl (C=O) groups is 3. The van der Waals surface area contributed by atoms with Crippen LogP contribution in [0.4, 0.5) is 0 Å². The molecule has 0 radical (unpaired) electrons. The molecule has 7 nitrogen and oxygen atoms in total. The molecule has 0 aliphatic rings. The monoisotopic (exact) mass is 415 g/mol. The SMILES string of the molecule is CCCCCCCCCCCC(=O)OCC(COC(C)=O)OC(=O)CCN(C)C. The molecule has 0 rings (SSSR count). The summed E-state index contributed by atoms with van der Waals surface area (Å²) < 4.78 is 15.4. The second kappa shape index (κ2) is 18.4. The number of rotatable bonds is 18. The molecule has 0 aromatic carbocycles. The van der Waals surface area contributed by atoms with Crippen molar-refractivity contribution in [2.24, 2.45) is 0 Å². The molecule has 0 spiro atoms. The van der Waals surface area contributed by atoms with Crippen LogP contribution in [0.3, 0.4) is 0 Å². The average molecular weight is 416 g/mol. The summed E-state index contributed by atoms with van der Waals surface area (Å²) in [6, 6.07) is 0. The topological polar surface area (TPSA) is 82.1 Å². The van der Waals surface area contributed by atoms with E-state index in [0.29, 0.717) is 13.0 Å². The highest BCUT2D eigenvalue weighted by Crippen LogP contribution is 2.11. The number of hydrogen-bond donors (Lipinski definition) is 0. The van der Waals surface area contributed by atoms with Crippen molar-refractivity contribution in [2.75, 3.05) is 33.9 Å². The van der Waals surface area contributed by atoms with Gasteiger partial charge in [0.05, 0.1) is 6.42 Å². The molecule has 1 atom stereocenters. The summed E-state index contributed by atoms with van der Waals surface area (Å²) in [4.78, 5) is 36.7. The molecule has 0 saturated carbocycles. The average Bonchev–Trinajstić information content (AvgIpc) is 2.67. The second-order valence-electron chi connectivity index (χ2n) is 7.73. The Morgan fingerprint density at radius 3 is 1.86 bits per heavy atom. The third-order valence-electron chi connectivity index (χ3n) is 4.45. The Hall–Kier alpha value is -1.63. The Bertz CT molecular complexity index is 453. The number of nitrogens with zero attached hydrogens (tertiary/aromatic N) is 1. The van der Waals surface area contributed by atoms with Crippen molar-refractivity contribution in [3.8, 4) is 0 Å². The van der Waals surface area contributed by atoms with E-state index in [4.69, 9.17) is 14.2 Å². The van der Waals surface area contributed by atoms with Gasteiger partial charge in [-0.2, -0.15) is 0 Å². The molecule has 0 aliphatic carbocycles. The van der Waals surface area contributed by atoms with Gasteiger partial charge in [0.1, 0.15) is 13.2 Å². The highest BCUT2D eigenvalue weighted by atomic mass is 16.6. The molecule has 0 aliphatic heterocycles. The van der Waals surface area contributed by atoms with Crippen LogP contribution in [0.5, 0.6) is 0 Å². The molecule has 0 fully saturated rings. The van der Waals surface area contributed by atoms with Gasteiger partial charge in [0.2, 0.25) is 0 Å². The van der Waals surface area contributed by atoms with Gasteiger partial charge in [-0.05, 0) is 20.5 Å². The lowest BCUT2D eigenvalue weighted by Gasteiger charge is -2.18. The lowest BCUT2D eigenvalue weighted by atomic mass is 10.1. The van der Waals surface area contributed by atoms with Crippen LogP contribution >= 0.6 is 0 Å². The number of carbonyl (C=O) groups excluding carboxylic acids is 3. The first-order chi connectivity index (χ1) is 13.8. The van der Waals surface area contributed by atoms with E-state index >= 15 is 0 Å². The molecule has 0 aromatic rings. The fourth-order valence-electron chi connectivity index (χ4n) is 2.72. The first kappa shape index (κ1) is 27.4. The lowest BCUT2D eigenvalue weighted by molar-refractivity contribution is -0.166. The van der Waals surface area contributed by atoms with Gasteiger partial charge in [-0.15, -0.1) is 0 Å². The van der Waals surface area contributed by atoms with Crippen molar-refractivity contribution in [3.05, 3.63) is 0 Å². The number of unbranched alkanes of at least 4 members (excludes halogenated alkanes) is 8. The van der Waals surface area contributed by atoms with E-state index in [1.807, 2.05) is 19.0 Å². The molecule has 0 N–H and O–H groups in total. The molecule has 170 valence electrons. The number of ether oxygens (including phenoxy) is 3. The van der Waals surface area contributed by atoms with E-state index in [1.54, 1.807) is 0 Å². The molecule has 0 bridgehead atoms. The maximum atomic E-state index is 11.9. The maximum absolute atomic E-state index is 11.9. The molecule has 0 aromatic heterocycles. The lowest BCUT2D eigenvalue weighted by Crippen LogP contribution is -2.31. The van der Waals surface area contributed by atoms with Crippen LogP contribution in [0, 0.1) is 0 Å². The summed E-state index contributed by atoms with van der Waals surface area (Å²) in [5, 5.41) is 0. The Kier molecular flexibility index (Phi) is 17.4. The second-order valence-corrected chi connectivity index (χ2v) is 7.73. The zero-order valence-corrected chi connectivity index (χ0v) is 18.9. The van der Waals surface area contributed by atoms with E-state index in [-0.39, 0.29) is 25.6 Å². The van der Waals surface area contributed by atoms with Crippen molar-refractivity contribution in [2.45, 2.75) is 90.6 Å². The molecule has 0 saturated heterocycles. The summed E-state index contributed by atoms with van der Waals surface area (Å²) in [6.45, 7) is 3.83. The molecule has 0 heterocycles. The molecular weight excluding hydrogens is 374 g/mol. The third kappa shape index (κ3) is 19.5. The van der Waals surface area contributed by atoms with Gasteiger partial charge in [-0.25, -0.2) is 0 Å². The first-order valence-corrected chi connectivity index (χ1v) is 11.0. The van der Waals surface area contributed by atoms with Crippen molar-refractivity contribution >= 4 is 17.9 Å². The minimum atomic E-state index is -0.777. The molecule has 1 unspecified atom stereocenters. The Morgan fingerprint density at radius 2 is 1.31 bits per heavy atom. The van der Waals surface area contributed by atoms with Gasteiger partial charge < -0.3 is 19.1 Å². The normalized spacial score (nSPS) is 11.9. The quantitative estimate of drug-likeness (QED) is 0.191. The molecular formula is C22H41NO6. The summed E-state index contributed by atoms with van der Waals surface area (Å²) in [5.41, 5.74) is 0. The fraction of sp³-hybridized carbons (Fsp3) is 0.864. The third-order valence-corrected chi connectivity index (χ3v) is 4.45. The van der Waals surface area contributed by atoms with E-state index in [9.17, 15) is 14.4 Å². The highest BCUT2D eigenvalue weighted by molar-refractivity contribution is 5.70. The van der Waals surface area contributed by atoms with Gasteiger partial charge in [0.25, 0.3) is 0 Å². The van der Waals surface area contributed by atoms with Crippen LogP contribution < -0.4 is 0 Å². The van der Waals surface area contributed by atoms with E-state index < -0.39 is 18.0 Å². The predicted molar refractivity (Wildman–Crippen MR) is 112 cm³/mol. The summed E-state index contributed by atoms with van der Waals surface area (Å²) in [7, 11) is 3.72. The van der Waals surface area contributed by atoms with E-state index in [2.05, 4.69) is 6.92 Å². The van der Waals surface area contributed by atoms with Gasteiger partial charge in [-0.1, -0.05) is 58.3 Å². The van der Waals surface area contributed by atoms with E-state index in [0.717, 1.165) is 19.3 Å². The number of hydrogen-bond acceptors (Lipinski definition) is 7. The van der Waals surface area contributed by atoms with Crippen LogP contribution in [-0.4, -0.2) is 62.8 Å². The minimum absolute atomic E-state index is 0.1000. The Morgan fingerprint density at radius 1 is 0.759 bits per heavy atom. The maximum Gasteiger partial charge on any atom is 0.307 e. The van der Waals surface area contributed by atoms with Crippen molar-refractivity contribution in [3.63, 3.8) is 0 Å². The van der Waals surface area contributed by atoms with Crippen molar-refractivity contribution < 1.29 is 28.6 Å². The van der Waals surface area contributed by atoms with Crippen molar-refractivity contribution in [1.29, 1.82) is 0 Å². The summed E-state index contributed by atoms with van der Waals surface area (Å²) in [5.74, 6) is -1.20. The standard InChI is InChI=1S/C22H41NO6/c1-5-6-7-8-9-10-11-12-13-14-21(25)28-18-20(17-27-19(2)24)29-22(26)15-16-23(3)4/h20H,5-18H2,1-4H3. The predicted octanol–water partition coefficient (Wildman–Crippen LogP) is 3.88. The first-order valence-electron chi connectivity index (χ1n) is 11.0. The largest absolute Gasteiger partial charge is 0.462 e. The van der Waals surface area contributed by atoms with Crippen LogP contribution in [0.1, 0.15) is 84.5 Å². The Balaban J connectivity index is 3.99. The summed E-state index contributed by atoms with van der Waals surface area (Å²) in [6.07, 6.45) is 10.4. The van der Waals surface area contributed by atoms with Crippen LogP contribution in [0.15, 0.2) is 0 Å². The van der Waals surface area contributed by atoms with Crippen LogP contribution in [-0.2, 0) is 28.6 Å². The van der Waals surface area contributed by atoms with Gasteiger partial charge in [0, 0.05) is 19.9 Å². The van der Waals surface area contributed by atoms with Crippen LogP contribution in [0.2, 0.25) is 0 Å². The van der Waals surface area contributed by atoms with Gasteiger partial charge in [0.15, 0.2) is 6.10 Å².